The van der Waals surface area contributed by atoms with E-state index >= 15 is 0 Å². The number of hydrogen-bond donors (Lipinski definition) is 2. The first-order valence-electron chi connectivity index (χ1n) is 14.2. The monoisotopic (exact) mass is 529 g/mol. The summed E-state index contributed by atoms with van der Waals surface area (Å²) >= 11 is 0. The second kappa shape index (κ2) is 12.2. The molecule has 1 saturated heterocycles. The van der Waals surface area contributed by atoms with Crippen LogP contribution in [0.3, 0.4) is 0 Å². The zero-order valence-corrected chi connectivity index (χ0v) is 22.7. The summed E-state index contributed by atoms with van der Waals surface area (Å²) in [4.78, 5) is 31.8. The van der Waals surface area contributed by atoms with Gasteiger partial charge in [0.25, 0.3) is 5.91 Å². The van der Waals surface area contributed by atoms with Gasteiger partial charge in [0.05, 0.1) is 18.7 Å². The Morgan fingerprint density at radius 3 is 2.46 bits per heavy atom. The molecule has 8 nitrogen and oxygen atoms in total. The molecule has 0 aromatic heterocycles. The van der Waals surface area contributed by atoms with E-state index in [0.29, 0.717) is 35.9 Å². The number of hydrogen-bond acceptors (Lipinski definition) is 6. The van der Waals surface area contributed by atoms with Crippen LogP contribution in [0.15, 0.2) is 48.5 Å². The highest BCUT2D eigenvalue weighted by molar-refractivity contribution is 5.98. The summed E-state index contributed by atoms with van der Waals surface area (Å²) in [5.74, 6) is 0.423. The number of amides is 2. The Balaban J connectivity index is 1.35. The lowest BCUT2D eigenvalue weighted by Crippen LogP contribution is -2.58. The number of carbonyl (C=O) groups is 2. The largest absolute Gasteiger partial charge is 0.497 e. The van der Waals surface area contributed by atoms with E-state index in [4.69, 9.17) is 15.7 Å². The number of benzene rings is 2. The summed E-state index contributed by atoms with van der Waals surface area (Å²) in [5, 5.41) is 12.4. The van der Waals surface area contributed by atoms with Crippen molar-refractivity contribution >= 4 is 11.8 Å². The number of nitrogens with two attached hydrogens (primary N) is 1. The molecular weight excluding hydrogens is 490 g/mol. The molecule has 3 fully saturated rings. The molecule has 0 bridgehead atoms. The minimum Gasteiger partial charge on any atom is -0.497 e. The fourth-order valence-corrected chi connectivity index (χ4v) is 6.08. The smallest absolute Gasteiger partial charge is 0.254 e. The van der Waals surface area contributed by atoms with Crippen molar-refractivity contribution in [2.24, 2.45) is 5.73 Å². The van der Waals surface area contributed by atoms with Crippen molar-refractivity contribution in [3.63, 3.8) is 0 Å². The van der Waals surface area contributed by atoms with Crippen LogP contribution in [0, 0.1) is 11.3 Å². The van der Waals surface area contributed by atoms with Crippen molar-refractivity contribution in [1.29, 1.82) is 5.26 Å². The molecule has 8 heteroatoms. The molecule has 2 amide bonds. The minimum atomic E-state index is -0.541. The van der Waals surface area contributed by atoms with E-state index < -0.39 is 6.04 Å². The molecular formula is C31H39N5O3. The van der Waals surface area contributed by atoms with Crippen LogP contribution in [0.4, 0.5) is 0 Å². The SMILES string of the molecule is COc1cccc(C(=O)N2CCC(N(Cc3ccc(C#N)cc3)C3CC3)C[C@@H]2C(=O)NC2CCC(N)CC2)c1. The third-order valence-electron chi connectivity index (χ3n) is 8.51. The van der Waals surface area contributed by atoms with Gasteiger partial charge in [-0.05, 0) is 87.3 Å². The summed E-state index contributed by atoms with van der Waals surface area (Å²) in [7, 11) is 1.59. The van der Waals surface area contributed by atoms with Crippen LogP contribution in [0.2, 0.25) is 0 Å². The molecule has 0 radical (unpaired) electrons. The maximum Gasteiger partial charge on any atom is 0.254 e. The van der Waals surface area contributed by atoms with Crippen LogP contribution in [0.5, 0.6) is 5.75 Å². The van der Waals surface area contributed by atoms with Crippen molar-refractivity contribution in [2.45, 2.75) is 88.1 Å². The number of methoxy groups -OCH3 is 1. The van der Waals surface area contributed by atoms with Gasteiger partial charge in [-0.3, -0.25) is 14.5 Å². The first-order chi connectivity index (χ1) is 18.9. The lowest BCUT2D eigenvalue weighted by Gasteiger charge is -2.43. The molecule has 1 heterocycles. The highest BCUT2D eigenvalue weighted by Crippen LogP contribution is 2.35. The molecule has 2 aromatic carbocycles. The van der Waals surface area contributed by atoms with E-state index in [1.165, 1.54) is 0 Å². The summed E-state index contributed by atoms with van der Waals surface area (Å²) < 4.78 is 5.34. The predicted octanol–water partition coefficient (Wildman–Crippen LogP) is 3.59. The molecule has 3 N–H and O–H groups in total. The quantitative estimate of drug-likeness (QED) is 0.541. The van der Waals surface area contributed by atoms with Crippen molar-refractivity contribution < 1.29 is 14.3 Å². The second-order valence-corrected chi connectivity index (χ2v) is 11.3. The standard InChI is InChI=1S/C31H39N5O3/c1-39-28-4-2-3-23(17-28)31(38)35-16-15-27(18-29(35)30(37)34-25-11-9-24(33)10-12-25)36(26-13-14-26)20-22-7-5-21(19-32)6-8-22/h2-8,17,24-27,29H,9-16,18,20,33H2,1H3,(H,34,37)/t24?,25?,27?,29-/m1/s1. The third kappa shape index (κ3) is 6.60. The van der Waals surface area contributed by atoms with Crippen molar-refractivity contribution in [2.75, 3.05) is 13.7 Å². The van der Waals surface area contributed by atoms with Crippen molar-refractivity contribution in [3.05, 3.63) is 65.2 Å². The van der Waals surface area contributed by atoms with Crippen LogP contribution in [0.25, 0.3) is 0 Å². The molecule has 0 spiro atoms. The molecule has 2 aromatic rings. The first-order valence-corrected chi connectivity index (χ1v) is 14.2. The van der Waals surface area contributed by atoms with Gasteiger partial charge in [-0.1, -0.05) is 18.2 Å². The Hall–Kier alpha value is -3.41. The van der Waals surface area contributed by atoms with E-state index in [1.54, 1.807) is 24.1 Å². The maximum atomic E-state index is 13.8. The summed E-state index contributed by atoms with van der Waals surface area (Å²) in [6, 6.07) is 17.6. The fraction of sp³-hybridized carbons (Fsp3) is 0.516. The Labute approximate surface area is 231 Å². The van der Waals surface area contributed by atoms with E-state index in [0.717, 1.165) is 57.1 Å². The number of carbonyl (C=O) groups excluding carboxylic acids is 2. The lowest BCUT2D eigenvalue weighted by molar-refractivity contribution is -0.128. The Bertz CT molecular complexity index is 1200. The number of nitrogens with zero attached hydrogens (tertiary/aromatic N) is 3. The summed E-state index contributed by atoms with van der Waals surface area (Å²) in [6.45, 7) is 1.30. The highest BCUT2D eigenvalue weighted by atomic mass is 16.5. The molecule has 39 heavy (non-hydrogen) atoms. The van der Waals surface area contributed by atoms with Gasteiger partial charge < -0.3 is 20.7 Å². The van der Waals surface area contributed by atoms with Gasteiger partial charge in [-0.2, -0.15) is 5.26 Å². The zero-order chi connectivity index (χ0) is 27.4. The normalized spacial score (nSPS) is 25.1. The van der Waals surface area contributed by atoms with E-state index in [-0.39, 0.29) is 29.9 Å². The van der Waals surface area contributed by atoms with E-state index in [2.05, 4.69) is 16.3 Å². The topological polar surface area (TPSA) is 112 Å². The van der Waals surface area contributed by atoms with E-state index in [1.807, 2.05) is 36.4 Å². The number of rotatable bonds is 8. The molecule has 2 saturated carbocycles. The predicted molar refractivity (Wildman–Crippen MR) is 149 cm³/mol. The number of ether oxygens (including phenoxy) is 1. The highest BCUT2D eigenvalue weighted by Gasteiger charge is 2.42. The Morgan fingerprint density at radius 1 is 1.05 bits per heavy atom. The average molecular weight is 530 g/mol. The first kappa shape index (κ1) is 27.2. The lowest BCUT2D eigenvalue weighted by atomic mass is 9.90. The van der Waals surface area contributed by atoms with Crippen LogP contribution < -0.4 is 15.8 Å². The summed E-state index contributed by atoms with van der Waals surface area (Å²) in [5.41, 5.74) is 8.44. The Morgan fingerprint density at radius 2 is 1.79 bits per heavy atom. The zero-order valence-electron chi connectivity index (χ0n) is 22.7. The number of nitriles is 1. The number of nitrogens with one attached hydrogen (secondary N) is 1. The van der Waals surface area contributed by atoms with Crippen LogP contribution >= 0.6 is 0 Å². The van der Waals surface area contributed by atoms with Crippen molar-refractivity contribution in [3.8, 4) is 11.8 Å². The summed E-state index contributed by atoms with van der Waals surface area (Å²) in [6.07, 6.45) is 7.27. The van der Waals surface area contributed by atoms with Gasteiger partial charge in [0.15, 0.2) is 0 Å². The van der Waals surface area contributed by atoms with Crippen LogP contribution in [0.1, 0.15) is 72.9 Å². The molecule has 206 valence electrons. The Kier molecular flexibility index (Phi) is 8.49. The molecule has 1 aliphatic heterocycles. The molecule has 5 rings (SSSR count). The fourth-order valence-electron chi connectivity index (χ4n) is 6.08. The van der Waals surface area contributed by atoms with Gasteiger partial charge >= 0.3 is 0 Å². The van der Waals surface area contributed by atoms with E-state index in [9.17, 15) is 9.59 Å². The molecule has 2 atom stereocenters. The maximum absolute atomic E-state index is 13.8. The van der Waals surface area contributed by atoms with Gasteiger partial charge in [-0.15, -0.1) is 0 Å². The molecule has 2 aliphatic carbocycles. The van der Waals surface area contributed by atoms with Gasteiger partial charge in [0, 0.05) is 42.8 Å². The second-order valence-electron chi connectivity index (χ2n) is 11.3. The van der Waals surface area contributed by atoms with Crippen LogP contribution in [-0.4, -0.2) is 65.5 Å². The van der Waals surface area contributed by atoms with Gasteiger partial charge in [-0.25, -0.2) is 0 Å². The van der Waals surface area contributed by atoms with Gasteiger partial charge in [0.1, 0.15) is 11.8 Å². The number of likely N-dealkylation sites (tertiary alicyclic amines) is 1. The number of piperidine rings is 1. The third-order valence-corrected chi connectivity index (χ3v) is 8.51. The minimum absolute atomic E-state index is 0.0643. The average Bonchev–Trinajstić information content (AvgIpc) is 3.82. The molecule has 3 aliphatic rings. The molecule has 1 unspecified atom stereocenters. The van der Waals surface area contributed by atoms with Crippen molar-refractivity contribution in [1.82, 2.24) is 15.1 Å². The van der Waals surface area contributed by atoms with Gasteiger partial charge in [0.2, 0.25) is 5.91 Å². The van der Waals surface area contributed by atoms with Crippen LogP contribution in [-0.2, 0) is 11.3 Å².